The van der Waals surface area contributed by atoms with Gasteiger partial charge in [-0.2, -0.15) is 0 Å². The third-order valence-corrected chi connectivity index (χ3v) is 4.50. The summed E-state index contributed by atoms with van der Waals surface area (Å²) in [7, 11) is 0. The number of hydrogen-bond donors (Lipinski definition) is 0. The third kappa shape index (κ3) is 4.69. The Kier molecular flexibility index (Phi) is 6.07. The van der Waals surface area contributed by atoms with E-state index in [-0.39, 0.29) is 12.2 Å². The lowest BCUT2D eigenvalue weighted by Gasteiger charge is -2.33. The molecule has 2 heterocycles. The van der Waals surface area contributed by atoms with Gasteiger partial charge < -0.3 is 19.1 Å². The molecular weight excluding hydrogens is 308 g/mol. The summed E-state index contributed by atoms with van der Waals surface area (Å²) >= 11 is 0. The normalized spacial score (nSPS) is 22.4. The summed E-state index contributed by atoms with van der Waals surface area (Å²) in [5.41, 5.74) is 2.46. The summed E-state index contributed by atoms with van der Waals surface area (Å²) in [6.07, 6.45) is -0.143. The van der Waals surface area contributed by atoms with Gasteiger partial charge in [0.1, 0.15) is 6.61 Å². The van der Waals surface area contributed by atoms with E-state index in [9.17, 15) is 4.79 Å². The number of ether oxygens (including phenoxy) is 3. The van der Waals surface area contributed by atoms with Crippen LogP contribution in [0.4, 0.5) is 4.79 Å². The predicted octanol–water partition coefficient (Wildman–Crippen LogP) is 1.84. The molecule has 6 nitrogen and oxygen atoms in total. The van der Waals surface area contributed by atoms with E-state index < -0.39 is 0 Å². The summed E-state index contributed by atoms with van der Waals surface area (Å²) in [5, 5.41) is 0. The molecule has 1 amide bonds. The lowest BCUT2D eigenvalue weighted by atomic mass is 10.1. The second-order valence-electron chi connectivity index (χ2n) is 6.28. The van der Waals surface area contributed by atoms with Crippen molar-refractivity contribution in [1.29, 1.82) is 0 Å². The Bertz CT molecular complexity index is 528. The molecule has 1 atom stereocenters. The molecule has 1 aromatic rings. The van der Waals surface area contributed by atoms with Crippen molar-refractivity contribution >= 4 is 6.09 Å². The van der Waals surface area contributed by atoms with Gasteiger partial charge in [-0.25, -0.2) is 4.79 Å². The van der Waals surface area contributed by atoms with E-state index in [4.69, 9.17) is 14.2 Å². The third-order valence-electron chi connectivity index (χ3n) is 4.50. The van der Waals surface area contributed by atoms with Gasteiger partial charge in [-0.1, -0.05) is 29.8 Å². The van der Waals surface area contributed by atoms with Crippen molar-refractivity contribution < 1.29 is 19.0 Å². The summed E-state index contributed by atoms with van der Waals surface area (Å²) in [5.74, 6) is 0. The molecule has 1 aromatic carbocycles. The second-order valence-corrected chi connectivity index (χ2v) is 6.28. The maximum atomic E-state index is 12.0. The van der Waals surface area contributed by atoms with E-state index in [1.165, 1.54) is 11.1 Å². The Labute approximate surface area is 143 Å². The number of hydrogen-bond acceptors (Lipinski definition) is 5. The first-order valence-electron chi connectivity index (χ1n) is 8.62. The Balaban J connectivity index is 1.42. The summed E-state index contributed by atoms with van der Waals surface area (Å²) in [4.78, 5) is 16.0. The Morgan fingerprint density at radius 3 is 2.67 bits per heavy atom. The van der Waals surface area contributed by atoms with Crippen LogP contribution in [0.5, 0.6) is 0 Å². The van der Waals surface area contributed by atoms with Crippen LogP contribution in [0.3, 0.4) is 0 Å². The average molecular weight is 334 g/mol. The molecule has 2 aliphatic heterocycles. The van der Waals surface area contributed by atoms with Gasteiger partial charge in [0.2, 0.25) is 0 Å². The molecule has 6 heteroatoms. The molecule has 0 aromatic heterocycles. The van der Waals surface area contributed by atoms with Crippen LogP contribution in [0.2, 0.25) is 0 Å². The quantitative estimate of drug-likeness (QED) is 0.841. The molecule has 0 aliphatic carbocycles. The molecule has 2 aliphatic rings. The van der Waals surface area contributed by atoms with E-state index in [0.29, 0.717) is 39.5 Å². The van der Waals surface area contributed by atoms with Crippen LogP contribution in [0.15, 0.2) is 24.3 Å². The number of carbonyl (C=O) groups is 1. The fraction of sp³-hybridized carbons (Fsp3) is 0.611. The largest absolute Gasteiger partial charge is 0.448 e. The molecule has 1 unspecified atom stereocenters. The monoisotopic (exact) mass is 334 g/mol. The second kappa shape index (κ2) is 8.46. The van der Waals surface area contributed by atoms with Crippen LogP contribution in [0, 0.1) is 6.92 Å². The zero-order valence-corrected chi connectivity index (χ0v) is 14.3. The zero-order valence-electron chi connectivity index (χ0n) is 14.3. The number of amides is 1. The number of benzene rings is 1. The molecule has 3 rings (SSSR count). The highest BCUT2D eigenvalue weighted by atomic mass is 16.6. The molecule has 0 N–H and O–H groups in total. The molecule has 0 spiro atoms. The Morgan fingerprint density at radius 2 is 1.92 bits per heavy atom. The van der Waals surface area contributed by atoms with Gasteiger partial charge in [-0.3, -0.25) is 4.90 Å². The highest BCUT2D eigenvalue weighted by molar-refractivity contribution is 5.67. The smallest absolute Gasteiger partial charge is 0.409 e. The van der Waals surface area contributed by atoms with Crippen LogP contribution in [-0.4, -0.2) is 75.0 Å². The number of aryl methyl sites for hydroxylation is 1. The van der Waals surface area contributed by atoms with Crippen molar-refractivity contribution in [3.8, 4) is 0 Å². The topological polar surface area (TPSA) is 51.2 Å². The molecule has 2 fully saturated rings. The van der Waals surface area contributed by atoms with E-state index in [1.807, 2.05) is 0 Å². The van der Waals surface area contributed by atoms with Gasteiger partial charge in [0.15, 0.2) is 0 Å². The van der Waals surface area contributed by atoms with Crippen molar-refractivity contribution in [2.45, 2.75) is 13.0 Å². The Hall–Kier alpha value is -1.63. The van der Waals surface area contributed by atoms with Gasteiger partial charge in [-0.15, -0.1) is 0 Å². The first kappa shape index (κ1) is 17.2. The Morgan fingerprint density at radius 1 is 1.17 bits per heavy atom. The van der Waals surface area contributed by atoms with Crippen LogP contribution < -0.4 is 0 Å². The fourth-order valence-corrected chi connectivity index (χ4v) is 2.99. The first-order valence-corrected chi connectivity index (χ1v) is 8.62. The van der Waals surface area contributed by atoms with Crippen molar-refractivity contribution in [1.82, 2.24) is 9.80 Å². The van der Waals surface area contributed by atoms with Gasteiger partial charge in [0.25, 0.3) is 0 Å². The minimum absolute atomic E-state index is 0.0919. The molecule has 132 valence electrons. The van der Waals surface area contributed by atoms with Crippen molar-refractivity contribution in [2.75, 3.05) is 59.2 Å². The minimum atomic E-state index is -0.235. The van der Waals surface area contributed by atoms with Gasteiger partial charge in [0.05, 0.1) is 25.9 Å². The fourth-order valence-electron chi connectivity index (χ4n) is 2.99. The standard InChI is InChI=1S/C18H26N2O4/c1-15-2-4-16(5-3-15)17-14-19(6-12-23-17)7-13-24-18(21)20-8-10-22-11-9-20/h2-5,17H,6-14H2,1H3. The number of morpholine rings is 2. The van der Waals surface area contributed by atoms with E-state index in [2.05, 4.69) is 36.1 Å². The van der Waals surface area contributed by atoms with E-state index in [0.717, 1.165) is 19.6 Å². The highest BCUT2D eigenvalue weighted by Gasteiger charge is 2.23. The van der Waals surface area contributed by atoms with Crippen LogP contribution in [-0.2, 0) is 14.2 Å². The van der Waals surface area contributed by atoms with Gasteiger partial charge >= 0.3 is 6.09 Å². The average Bonchev–Trinajstić information content (AvgIpc) is 2.63. The minimum Gasteiger partial charge on any atom is -0.448 e. The number of rotatable bonds is 4. The SMILES string of the molecule is Cc1ccc(C2CN(CCOC(=O)N3CCOCC3)CCO2)cc1. The number of nitrogens with zero attached hydrogens (tertiary/aromatic N) is 2. The number of carbonyl (C=O) groups excluding carboxylic acids is 1. The van der Waals surface area contributed by atoms with Crippen molar-refractivity contribution in [3.63, 3.8) is 0 Å². The van der Waals surface area contributed by atoms with Crippen LogP contribution in [0.1, 0.15) is 17.2 Å². The van der Waals surface area contributed by atoms with Crippen molar-refractivity contribution in [2.24, 2.45) is 0 Å². The zero-order chi connectivity index (χ0) is 16.8. The predicted molar refractivity (Wildman–Crippen MR) is 90.1 cm³/mol. The molecule has 0 radical (unpaired) electrons. The molecule has 2 saturated heterocycles. The molecule has 0 bridgehead atoms. The first-order chi connectivity index (χ1) is 11.7. The van der Waals surface area contributed by atoms with E-state index >= 15 is 0 Å². The summed E-state index contributed by atoms with van der Waals surface area (Å²) in [6, 6.07) is 8.48. The lowest BCUT2D eigenvalue weighted by Crippen LogP contribution is -2.43. The lowest BCUT2D eigenvalue weighted by molar-refractivity contribution is -0.0363. The molecule has 24 heavy (non-hydrogen) atoms. The summed E-state index contributed by atoms with van der Waals surface area (Å²) < 4.78 is 16.5. The van der Waals surface area contributed by atoms with Crippen LogP contribution >= 0.6 is 0 Å². The highest BCUT2D eigenvalue weighted by Crippen LogP contribution is 2.22. The van der Waals surface area contributed by atoms with Gasteiger partial charge in [-0.05, 0) is 12.5 Å². The van der Waals surface area contributed by atoms with Crippen LogP contribution in [0.25, 0.3) is 0 Å². The van der Waals surface area contributed by atoms with E-state index in [1.54, 1.807) is 4.90 Å². The molecule has 0 saturated carbocycles. The molecular formula is C18H26N2O4. The maximum Gasteiger partial charge on any atom is 0.409 e. The van der Waals surface area contributed by atoms with Gasteiger partial charge in [0, 0.05) is 32.7 Å². The van der Waals surface area contributed by atoms with Crippen molar-refractivity contribution in [3.05, 3.63) is 35.4 Å². The summed E-state index contributed by atoms with van der Waals surface area (Å²) in [6.45, 7) is 8.07. The maximum absolute atomic E-state index is 12.0.